The third-order valence-corrected chi connectivity index (χ3v) is 3.75. The predicted octanol–water partition coefficient (Wildman–Crippen LogP) is 2.90. The summed E-state index contributed by atoms with van der Waals surface area (Å²) in [7, 11) is 0. The average molecular weight is 283 g/mol. The second-order valence-electron chi connectivity index (χ2n) is 5.19. The van der Waals surface area contributed by atoms with Gasteiger partial charge in [0.1, 0.15) is 0 Å². The van der Waals surface area contributed by atoms with E-state index in [4.69, 9.17) is 5.73 Å². The van der Waals surface area contributed by atoms with Gasteiger partial charge in [0.25, 0.3) is 0 Å². The van der Waals surface area contributed by atoms with Crippen molar-refractivity contribution in [3.05, 3.63) is 29.8 Å². The van der Waals surface area contributed by atoms with E-state index in [2.05, 4.69) is 6.92 Å². The molecule has 2 atom stereocenters. The minimum absolute atomic E-state index is 0. The van der Waals surface area contributed by atoms with Crippen molar-refractivity contribution in [2.75, 3.05) is 11.4 Å². The zero-order valence-electron chi connectivity index (χ0n) is 11.6. The minimum atomic E-state index is 0. The Morgan fingerprint density at radius 2 is 1.95 bits per heavy atom. The number of carbonyl (C=O) groups excluding carboxylic acids is 1. The van der Waals surface area contributed by atoms with Crippen LogP contribution in [-0.2, 0) is 4.79 Å². The van der Waals surface area contributed by atoms with Crippen LogP contribution in [0, 0.1) is 12.8 Å². The highest BCUT2D eigenvalue weighted by Gasteiger charge is 2.30. The maximum absolute atomic E-state index is 12.5. The summed E-state index contributed by atoms with van der Waals surface area (Å²) in [6.07, 6.45) is 2.74. The van der Waals surface area contributed by atoms with Gasteiger partial charge in [0, 0.05) is 24.2 Å². The third-order valence-electron chi connectivity index (χ3n) is 3.75. The fraction of sp³-hybridized carbons (Fsp3) is 0.533. The van der Waals surface area contributed by atoms with Crippen LogP contribution in [0.3, 0.4) is 0 Å². The van der Waals surface area contributed by atoms with Gasteiger partial charge in [0.15, 0.2) is 0 Å². The molecule has 106 valence electrons. The lowest BCUT2D eigenvalue weighted by Crippen LogP contribution is -2.35. The van der Waals surface area contributed by atoms with Gasteiger partial charge in [-0.15, -0.1) is 12.4 Å². The van der Waals surface area contributed by atoms with Crippen molar-refractivity contribution in [3.8, 4) is 0 Å². The van der Waals surface area contributed by atoms with Crippen LogP contribution in [0.5, 0.6) is 0 Å². The summed E-state index contributed by atoms with van der Waals surface area (Å²) in [6, 6.07) is 8.34. The van der Waals surface area contributed by atoms with Crippen molar-refractivity contribution in [2.24, 2.45) is 11.7 Å². The highest BCUT2D eigenvalue weighted by Crippen LogP contribution is 2.28. The summed E-state index contributed by atoms with van der Waals surface area (Å²) in [5.74, 6) is 0.343. The lowest BCUT2D eigenvalue weighted by molar-refractivity contribution is -0.122. The summed E-state index contributed by atoms with van der Waals surface area (Å²) >= 11 is 0. The molecule has 0 saturated heterocycles. The standard InChI is InChI=1S/C15H22N2O.ClH/c1-3-17(14-8-4-11(2)5-9-14)15(18)12-6-7-13(16)10-12;/h4-5,8-9,12-13H,3,6-7,10,16H2,1-2H3;1H. The number of carbonyl (C=O) groups is 1. The lowest BCUT2D eigenvalue weighted by atomic mass is 10.1. The maximum atomic E-state index is 12.5. The summed E-state index contributed by atoms with van der Waals surface area (Å²) in [6.45, 7) is 4.79. The van der Waals surface area contributed by atoms with Gasteiger partial charge in [-0.05, 0) is 45.2 Å². The van der Waals surface area contributed by atoms with Gasteiger partial charge < -0.3 is 10.6 Å². The molecule has 0 aliphatic heterocycles. The monoisotopic (exact) mass is 282 g/mol. The number of nitrogens with two attached hydrogens (primary N) is 1. The Kier molecular flexibility index (Phi) is 5.83. The van der Waals surface area contributed by atoms with E-state index < -0.39 is 0 Å². The number of hydrogen-bond donors (Lipinski definition) is 1. The van der Waals surface area contributed by atoms with E-state index in [1.807, 2.05) is 36.1 Å². The molecule has 0 spiro atoms. The van der Waals surface area contributed by atoms with E-state index in [9.17, 15) is 4.79 Å². The van der Waals surface area contributed by atoms with Crippen molar-refractivity contribution in [1.82, 2.24) is 0 Å². The summed E-state index contributed by atoms with van der Waals surface area (Å²) in [5, 5.41) is 0. The molecule has 3 nitrogen and oxygen atoms in total. The zero-order valence-corrected chi connectivity index (χ0v) is 12.5. The molecule has 1 aliphatic rings. The van der Waals surface area contributed by atoms with Gasteiger partial charge in [-0.2, -0.15) is 0 Å². The zero-order chi connectivity index (χ0) is 13.1. The maximum Gasteiger partial charge on any atom is 0.230 e. The van der Waals surface area contributed by atoms with Gasteiger partial charge in [0.2, 0.25) is 5.91 Å². The summed E-state index contributed by atoms with van der Waals surface area (Å²) in [5.41, 5.74) is 8.10. The van der Waals surface area contributed by atoms with E-state index in [-0.39, 0.29) is 30.3 Å². The van der Waals surface area contributed by atoms with Gasteiger partial charge in [0.05, 0.1) is 0 Å². The van der Waals surface area contributed by atoms with E-state index in [1.165, 1.54) is 5.56 Å². The first-order chi connectivity index (χ1) is 8.61. The number of aryl methyl sites for hydroxylation is 1. The molecule has 4 heteroatoms. The molecule has 1 aliphatic carbocycles. The van der Waals surface area contributed by atoms with Crippen molar-refractivity contribution < 1.29 is 4.79 Å². The first-order valence-corrected chi connectivity index (χ1v) is 6.75. The van der Waals surface area contributed by atoms with Gasteiger partial charge in [-0.1, -0.05) is 17.7 Å². The molecule has 2 rings (SSSR count). The minimum Gasteiger partial charge on any atom is -0.328 e. The van der Waals surface area contributed by atoms with Crippen molar-refractivity contribution in [3.63, 3.8) is 0 Å². The molecule has 2 N–H and O–H groups in total. The quantitative estimate of drug-likeness (QED) is 0.927. The largest absolute Gasteiger partial charge is 0.328 e. The number of benzene rings is 1. The van der Waals surface area contributed by atoms with Crippen LogP contribution in [0.2, 0.25) is 0 Å². The lowest BCUT2D eigenvalue weighted by Gasteiger charge is -2.24. The second kappa shape index (κ2) is 6.92. The van der Waals surface area contributed by atoms with Crippen LogP contribution in [0.4, 0.5) is 5.69 Å². The highest BCUT2D eigenvalue weighted by molar-refractivity contribution is 5.95. The molecule has 0 bridgehead atoms. The molecule has 0 heterocycles. The number of halogens is 1. The van der Waals surface area contributed by atoms with Gasteiger partial charge in [-0.25, -0.2) is 0 Å². The van der Waals surface area contributed by atoms with E-state index in [0.29, 0.717) is 6.54 Å². The second-order valence-corrected chi connectivity index (χ2v) is 5.19. The Morgan fingerprint density at radius 3 is 2.42 bits per heavy atom. The first kappa shape index (κ1) is 16.0. The Balaban J connectivity index is 0.00000180. The molecule has 19 heavy (non-hydrogen) atoms. The van der Waals surface area contributed by atoms with E-state index >= 15 is 0 Å². The van der Waals surface area contributed by atoms with Crippen LogP contribution in [-0.4, -0.2) is 18.5 Å². The molecular formula is C15H23ClN2O. The summed E-state index contributed by atoms with van der Waals surface area (Å²) in [4.78, 5) is 14.4. The Labute approximate surface area is 121 Å². The molecule has 2 unspecified atom stereocenters. The SMILES string of the molecule is CCN(C(=O)C1CCC(N)C1)c1ccc(C)cc1.Cl. The first-order valence-electron chi connectivity index (χ1n) is 6.75. The molecule has 0 radical (unpaired) electrons. The van der Waals surface area contributed by atoms with Gasteiger partial charge in [-0.3, -0.25) is 4.79 Å². The van der Waals surface area contributed by atoms with Crippen LogP contribution in [0.25, 0.3) is 0 Å². The van der Waals surface area contributed by atoms with Crippen LogP contribution < -0.4 is 10.6 Å². The molecule has 0 aromatic heterocycles. The highest BCUT2D eigenvalue weighted by atomic mass is 35.5. The van der Waals surface area contributed by atoms with E-state index in [0.717, 1.165) is 24.9 Å². The fourth-order valence-electron chi connectivity index (χ4n) is 2.65. The smallest absolute Gasteiger partial charge is 0.230 e. The van der Waals surface area contributed by atoms with Gasteiger partial charge >= 0.3 is 0 Å². The number of hydrogen-bond acceptors (Lipinski definition) is 2. The number of nitrogens with zero attached hydrogens (tertiary/aromatic N) is 1. The molecule has 1 fully saturated rings. The average Bonchev–Trinajstić information content (AvgIpc) is 2.79. The molecular weight excluding hydrogens is 260 g/mol. The number of amides is 1. The van der Waals surface area contributed by atoms with Crippen molar-refractivity contribution >= 4 is 24.0 Å². The predicted molar refractivity (Wildman–Crippen MR) is 81.8 cm³/mol. The molecule has 1 aromatic rings. The van der Waals surface area contributed by atoms with Crippen molar-refractivity contribution in [1.29, 1.82) is 0 Å². The molecule has 1 saturated carbocycles. The third kappa shape index (κ3) is 3.71. The van der Waals surface area contributed by atoms with Crippen LogP contribution >= 0.6 is 12.4 Å². The van der Waals surface area contributed by atoms with E-state index in [1.54, 1.807) is 0 Å². The Bertz CT molecular complexity index is 419. The molecule has 1 aromatic carbocycles. The summed E-state index contributed by atoms with van der Waals surface area (Å²) < 4.78 is 0. The van der Waals surface area contributed by atoms with Crippen LogP contribution in [0.1, 0.15) is 31.7 Å². The van der Waals surface area contributed by atoms with Crippen LogP contribution in [0.15, 0.2) is 24.3 Å². The topological polar surface area (TPSA) is 46.3 Å². The Hall–Kier alpha value is -1.06. The number of rotatable bonds is 3. The molecule has 1 amide bonds. The fourth-order valence-corrected chi connectivity index (χ4v) is 2.65. The Morgan fingerprint density at radius 1 is 1.32 bits per heavy atom. The number of anilines is 1. The van der Waals surface area contributed by atoms with Crippen molar-refractivity contribution in [2.45, 2.75) is 39.2 Å². The normalized spacial score (nSPS) is 21.8.